The third kappa shape index (κ3) is 1.94. The molecule has 3 nitrogen and oxygen atoms in total. The van der Waals surface area contributed by atoms with Gasteiger partial charge in [0.2, 0.25) is 0 Å². The van der Waals surface area contributed by atoms with Gasteiger partial charge in [-0.3, -0.25) is 0 Å². The first kappa shape index (κ1) is 12.5. The molecule has 0 amide bonds. The van der Waals surface area contributed by atoms with Crippen LogP contribution >= 0.6 is 0 Å². The van der Waals surface area contributed by atoms with Crippen molar-refractivity contribution in [3.8, 4) is 5.75 Å². The van der Waals surface area contributed by atoms with Gasteiger partial charge in [0.15, 0.2) is 0 Å². The molecule has 1 heterocycles. The number of hydrogen-bond donors (Lipinski definition) is 1. The van der Waals surface area contributed by atoms with E-state index in [-0.39, 0.29) is 17.0 Å². The predicted octanol–water partition coefficient (Wildman–Crippen LogP) is 3.15. The van der Waals surface area contributed by atoms with Crippen LogP contribution in [0, 0.1) is 6.92 Å². The van der Waals surface area contributed by atoms with E-state index in [0.717, 1.165) is 11.6 Å². The Hall–Kier alpha value is -1.98. The fourth-order valence-electron chi connectivity index (χ4n) is 1.83. The predicted molar refractivity (Wildman–Crippen MR) is 62.4 cm³/mol. The Labute approximate surface area is 101 Å². The highest BCUT2D eigenvalue weighted by atomic mass is 19.4. The van der Waals surface area contributed by atoms with Crippen molar-refractivity contribution in [2.24, 2.45) is 0 Å². The molecule has 6 heteroatoms. The first-order valence-corrected chi connectivity index (χ1v) is 5.15. The molecular formula is C12H11F3N2O. The molecule has 2 aromatic rings. The lowest BCUT2D eigenvalue weighted by Gasteiger charge is -2.13. The molecular weight excluding hydrogens is 245 g/mol. The number of anilines is 1. The minimum absolute atomic E-state index is 0.0451. The van der Waals surface area contributed by atoms with Crippen molar-refractivity contribution in [2.45, 2.75) is 13.1 Å². The van der Waals surface area contributed by atoms with Crippen LogP contribution in [0.1, 0.15) is 11.3 Å². The molecule has 0 bridgehead atoms. The van der Waals surface area contributed by atoms with Gasteiger partial charge in [-0.2, -0.15) is 13.2 Å². The number of halogens is 3. The summed E-state index contributed by atoms with van der Waals surface area (Å²) < 4.78 is 43.0. The quantitative estimate of drug-likeness (QED) is 0.852. The first-order valence-electron chi connectivity index (χ1n) is 5.15. The molecule has 0 unspecified atom stereocenters. The third-order valence-electron chi connectivity index (χ3n) is 2.67. The molecule has 0 saturated carbocycles. The Balaban J connectivity index is 2.86. The zero-order valence-electron chi connectivity index (χ0n) is 9.80. The van der Waals surface area contributed by atoms with Crippen LogP contribution in [0.25, 0.3) is 10.9 Å². The van der Waals surface area contributed by atoms with E-state index in [2.05, 4.69) is 4.98 Å². The Morgan fingerprint density at radius 1 is 1.28 bits per heavy atom. The van der Waals surface area contributed by atoms with E-state index < -0.39 is 11.9 Å². The molecule has 0 spiro atoms. The fourth-order valence-corrected chi connectivity index (χ4v) is 1.83. The van der Waals surface area contributed by atoms with E-state index >= 15 is 0 Å². The summed E-state index contributed by atoms with van der Waals surface area (Å²) in [5.41, 5.74) is 5.59. The van der Waals surface area contributed by atoms with Crippen LogP contribution in [0.3, 0.4) is 0 Å². The van der Waals surface area contributed by atoms with E-state index in [0.29, 0.717) is 5.39 Å². The SMILES string of the molecule is COc1ccc(C)c2c(N)cc(C(F)(F)F)nc12. The topological polar surface area (TPSA) is 48.1 Å². The van der Waals surface area contributed by atoms with Gasteiger partial charge < -0.3 is 10.5 Å². The number of alkyl halides is 3. The maximum atomic E-state index is 12.7. The Morgan fingerprint density at radius 2 is 1.94 bits per heavy atom. The van der Waals surface area contributed by atoms with Gasteiger partial charge in [0.05, 0.1) is 7.11 Å². The molecule has 0 atom stereocenters. The van der Waals surface area contributed by atoms with E-state index in [1.165, 1.54) is 7.11 Å². The summed E-state index contributed by atoms with van der Waals surface area (Å²) >= 11 is 0. The number of fused-ring (bicyclic) bond motifs is 1. The summed E-state index contributed by atoms with van der Waals surface area (Å²) in [6.45, 7) is 1.76. The summed E-state index contributed by atoms with van der Waals surface area (Å²) in [4.78, 5) is 3.61. The second-order valence-electron chi connectivity index (χ2n) is 3.90. The minimum Gasteiger partial charge on any atom is -0.494 e. The van der Waals surface area contributed by atoms with Crippen molar-refractivity contribution in [1.82, 2.24) is 4.98 Å². The highest BCUT2D eigenvalue weighted by Crippen LogP contribution is 2.36. The van der Waals surface area contributed by atoms with E-state index in [9.17, 15) is 13.2 Å². The van der Waals surface area contributed by atoms with Crippen molar-refractivity contribution in [3.63, 3.8) is 0 Å². The molecule has 0 fully saturated rings. The van der Waals surface area contributed by atoms with Gasteiger partial charge in [0.25, 0.3) is 0 Å². The van der Waals surface area contributed by atoms with Crippen molar-refractivity contribution in [2.75, 3.05) is 12.8 Å². The summed E-state index contributed by atoms with van der Waals surface area (Å²) in [7, 11) is 1.38. The molecule has 2 N–H and O–H groups in total. The summed E-state index contributed by atoms with van der Waals surface area (Å²) in [5, 5.41) is 0.488. The molecule has 96 valence electrons. The lowest BCUT2D eigenvalue weighted by molar-refractivity contribution is -0.140. The molecule has 18 heavy (non-hydrogen) atoms. The van der Waals surface area contributed by atoms with Crippen LogP contribution in [0.2, 0.25) is 0 Å². The second kappa shape index (κ2) is 4.04. The van der Waals surface area contributed by atoms with E-state index in [4.69, 9.17) is 10.5 Å². The largest absolute Gasteiger partial charge is 0.494 e. The smallest absolute Gasteiger partial charge is 0.433 e. The van der Waals surface area contributed by atoms with Gasteiger partial charge in [-0.1, -0.05) is 6.07 Å². The molecule has 0 aliphatic rings. The lowest BCUT2D eigenvalue weighted by atomic mass is 10.1. The zero-order valence-corrected chi connectivity index (χ0v) is 9.80. The number of nitrogens with two attached hydrogens (primary N) is 1. The van der Waals surface area contributed by atoms with Crippen LogP contribution in [0.4, 0.5) is 18.9 Å². The summed E-state index contributed by atoms with van der Waals surface area (Å²) in [6, 6.07) is 4.14. The Bertz CT molecular complexity index is 608. The van der Waals surface area contributed by atoms with Gasteiger partial charge in [0, 0.05) is 11.1 Å². The average Bonchev–Trinajstić information content (AvgIpc) is 2.27. The molecule has 0 aliphatic carbocycles. The third-order valence-corrected chi connectivity index (χ3v) is 2.67. The zero-order chi connectivity index (χ0) is 13.5. The van der Waals surface area contributed by atoms with Crippen molar-refractivity contribution in [3.05, 3.63) is 29.5 Å². The fraction of sp³-hybridized carbons (Fsp3) is 0.250. The number of rotatable bonds is 1. The Morgan fingerprint density at radius 3 is 2.50 bits per heavy atom. The maximum absolute atomic E-state index is 12.7. The van der Waals surface area contributed by atoms with Gasteiger partial charge in [-0.25, -0.2) is 4.98 Å². The van der Waals surface area contributed by atoms with Gasteiger partial charge in [-0.05, 0) is 24.6 Å². The average molecular weight is 256 g/mol. The van der Waals surface area contributed by atoms with Gasteiger partial charge in [-0.15, -0.1) is 0 Å². The highest BCUT2D eigenvalue weighted by Gasteiger charge is 2.33. The van der Waals surface area contributed by atoms with Crippen molar-refractivity contribution in [1.29, 1.82) is 0 Å². The van der Waals surface area contributed by atoms with Gasteiger partial charge in [0.1, 0.15) is 17.0 Å². The number of nitrogens with zero attached hydrogens (tertiary/aromatic N) is 1. The monoisotopic (exact) mass is 256 g/mol. The number of aromatic nitrogens is 1. The lowest BCUT2D eigenvalue weighted by Crippen LogP contribution is -2.09. The number of benzene rings is 1. The van der Waals surface area contributed by atoms with Crippen LogP contribution in [-0.4, -0.2) is 12.1 Å². The molecule has 0 saturated heterocycles. The molecule has 0 radical (unpaired) electrons. The van der Waals surface area contributed by atoms with E-state index in [1.807, 2.05) is 0 Å². The Kier molecular flexibility index (Phi) is 2.80. The number of aryl methyl sites for hydroxylation is 1. The standard InChI is InChI=1S/C12H11F3N2O/c1-6-3-4-8(18-2)11-10(6)7(16)5-9(17-11)12(13,14)15/h3-5H,1-2H3,(H2,16,17). The molecule has 0 aliphatic heterocycles. The highest BCUT2D eigenvalue weighted by molar-refractivity contribution is 5.96. The molecule has 1 aromatic heterocycles. The van der Waals surface area contributed by atoms with Crippen LogP contribution in [0.15, 0.2) is 18.2 Å². The summed E-state index contributed by atoms with van der Waals surface area (Å²) in [6.07, 6.45) is -4.53. The van der Waals surface area contributed by atoms with Crippen LogP contribution in [0.5, 0.6) is 5.75 Å². The molecule has 1 aromatic carbocycles. The maximum Gasteiger partial charge on any atom is 0.433 e. The van der Waals surface area contributed by atoms with Crippen molar-refractivity contribution < 1.29 is 17.9 Å². The summed E-state index contributed by atoms with van der Waals surface area (Å²) in [5.74, 6) is 0.272. The van der Waals surface area contributed by atoms with Crippen LogP contribution in [-0.2, 0) is 6.18 Å². The molecule has 2 rings (SSSR count). The van der Waals surface area contributed by atoms with Crippen molar-refractivity contribution >= 4 is 16.6 Å². The first-order chi connectivity index (χ1) is 8.34. The number of pyridine rings is 1. The van der Waals surface area contributed by atoms with E-state index in [1.54, 1.807) is 19.1 Å². The number of ether oxygens (including phenoxy) is 1. The number of hydrogen-bond acceptors (Lipinski definition) is 3. The minimum atomic E-state index is -4.53. The number of methoxy groups -OCH3 is 1. The van der Waals surface area contributed by atoms with Crippen LogP contribution < -0.4 is 10.5 Å². The second-order valence-corrected chi connectivity index (χ2v) is 3.90. The number of nitrogen functional groups attached to an aromatic ring is 1. The van der Waals surface area contributed by atoms with Gasteiger partial charge >= 0.3 is 6.18 Å². The normalized spacial score (nSPS) is 11.8.